The number of rotatable bonds is 18. The Morgan fingerprint density at radius 3 is 0.856 bits per heavy atom. The van der Waals surface area contributed by atoms with Crippen LogP contribution in [0.2, 0.25) is 0 Å². The molecule has 476 valence electrons. The van der Waals surface area contributed by atoms with Crippen molar-refractivity contribution >= 4 is 154 Å². The van der Waals surface area contributed by atoms with Crippen LogP contribution in [-0.4, -0.2) is 113 Å². The minimum Gasteiger partial charge on any atom is -0.322 e. The molecule has 0 aliphatic carbocycles. The van der Waals surface area contributed by atoms with Gasteiger partial charge in [0.1, 0.15) is 9.79 Å². The molecule has 0 atom stereocenters. The van der Waals surface area contributed by atoms with Gasteiger partial charge in [0.15, 0.2) is 0 Å². The van der Waals surface area contributed by atoms with Gasteiger partial charge in [0.05, 0.1) is 40.7 Å². The van der Waals surface area contributed by atoms with Crippen molar-refractivity contribution in [2.24, 2.45) is 0 Å². The minimum atomic E-state index is -5.49. The Hall–Kier alpha value is -8.55. The average Bonchev–Trinajstić information content (AvgIpc) is 0.760. The van der Waals surface area contributed by atoms with Crippen molar-refractivity contribution in [2.45, 2.75) is 66.9 Å². The topological polar surface area (TPSA) is 518 Å². The second-order valence-corrected chi connectivity index (χ2v) is 31.4. The van der Waals surface area contributed by atoms with Gasteiger partial charge in [0.25, 0.3) is 92.6 Å². The summed E-state index contributed by atoms with van der Waals surface area (Å²) in [6.07, 6.45) is 0. The number of amides is 4. The summed E-state index contributed by atoms with van der Waals surface area (Å²) in [7, 11) is -42.0. The van der Waals surface area contributed by atoms with Crippen LogP contribution in [0.4, 0.5) is 38.9 Å². The monoisotopic (exact) mass is 1400 g/mol. The zero-order chi connectivity index (χ0) is 67.0. The Morgan fingerprint density at radius 2 is 0.567 bits per heavy atom. The first-order chi connectivity index (χ1) is 41.2. The number of anilines is 6. The molecule has 0 aromatic heterocycles. The van der Waals surface area contributed by atoms with Gasteiger partial charge in [-0.2, -0.15) is 50.5 Å². The number of urea groups is 1. The van der Waals surface area contributed by atoms with E-state index in [2.05, 4.69) is 21.3 Å². The molecule has 0 fully saturated rings. The Labute approximate surface area is 512 Å². The fourth-order valence-electron chi connectivity index (χ4n) is 8.68. The van der Waals surface area contributed by atoms with Gasteiger partial charge >= 0.3 is 6.03 Å². The van der Waals surface area contributed by atoms with E-state index in [0.29, 0.717) is 47.5 Å². The number of carbonyl (C=O) groups is 3. The zero-order valence-corrected chi connectivity index (χ0v) is 52.3. The lowest BCUT2D eigenvalue weighted by molar-refractivity contribution is 0.101. The second kappa shape index (κ2) is 23.7. The first-order valence-electron chi connectivity index (χ1n) is 24.5. The number of benzene rings is 8. The summed E-state index contributed by atoms with van der Waals surface area (Å²) >= 11 is 0. The highest BCUT2D eigenvalue weighted by atomic mass is 32.2. The van der Waals surface area contributed by atoms with Crippen LogP contribution in [0.15, 0.2) is 160 Å². The highest BCUT2D eigenvalue weighted by molar-refractivity contribution is 7.93. The van der Waals surface area contributed by atoms with Crippen LogP contribution < -0.4 is 30.7 Å². The summed E-state index contributed by atoms with van der Waals surface area (Å²) in [5.74, 6) is -1.75. The molecule has 4 amide bonds. The molecule has 8 aromatic carbocycles. The van der Waals surface area contributed by atoms with Gasteiger partial charge in [0, 0.05) is 44.6 Å². The van der Waals surface area contributed by atoms with Crippen molar-refractivity contribution in [2.75, 3.05) is 30.7 Å². The van der Waals surface area contributed by atoms with E-state index in [1.807, 2.05) is 9.44 Å². The van der Waals surface area contributed by atoms with Gasteiger partial charge in [-0.25, -0.2) is 21.6 Å². The highest BCUT2D eigenvalue weighted by Crippen LogP contribution is 2.39. The second-order valence-electron chi connectivity index (χ2n) is 19.5. The third kappa shape index (κ3) is 14.9. The van der Waals surface area contributed by atoms with E-state index in [9.17, 15) is 109 Å². The first kappa shape index (κ1) is 67.4. The SMILES string of the molecule is Cc1ccc(C(=O)Nc2cc(S(=O)(=O)Nc3cc(S(=O)(=O)O)cc4cc(S(=O)(=O)O)cc(S(=O)(=O)O)c34)ccc2C)cc1NC(=O)Nc1cc(C(=O)Nc2cc(S(=O)(=O)Nc3cc(S(=O)(=O)O)cc4cc(S(=O)(=O)O)cc(S(=O)(=O)O)c34)ccc2C)ccc1C. The van der Waals surface area contributed by atoms with Gasteiger partial charge in [-0.3, -0.25) is 46.3 Å². The smallest absolute Gasteiger partial charge is 0.322 e. The zero-order valence-electron chi connectivity index (χ0n) is 45.8. The van der Waals surface area contributed by atoms with Crippen LogP contribution in [0.25, 0.3) is 21.5 Å². The molecular weight excluding hydrogens is 1350 g/mol. The van der Waals surface area contributed by atoms with E-state index in [1.165, 1.54) is 62.4 Å². The Morgan fingerprint density at radius 1 is 0.300 bits per heavy atom. The fourth-order valence-corrected chi connectivity index (χ4v) is 14.7. The van der Waals surface area contributed by atoms with E-state index in [-0.39, 0.29) is 57.1 Å². The van der Waals surface area contributed by atoms with Crippen molar-refractivity contribution in [3.05, 3.63) is 155 Å². The number of carbonyl (C=O) groups excluding carboxylic acids is 3. The lowest BCUT2D eigenvalue weighted by Crippen LogP contribution is -2.22. The summed E-state index contributed by atoms with van der Waals surface area (Å²) in [5, 5.41) is 7.19. The first-order valence-corrected chi connectivity index (χ1v) is 36.1. The molecule has 0 heterocycles. The summed E-state index contributed by atoms with van der Waals surface area (Å²) < 4.78 is 266. The van der Waals surface area contributed by atoms with E-state index < -0.39 is 171 Å². The summed E-state index contributed by atoms with van der Waals surface area (Å²) in [4.78, 5) is 32.7. The molecule has 0 bridgehead atoms. The molecule has 0 spiro atoms. The van der Waals surface area contributed by atoms with Gasteiger partial charge in [0.2, 0.25) is 0 Å². The Balaban J connectivity index is 0.998. The van der Waals surface area contributed by atoms with Crippen LogP contribution in [0.3, 0.4) is 0 Å². The van der Waals surface area contributed by atoms with E-state index in [1.54, 1.807) is 13.8 Å². The minimum absolute atomic E-state index is 0.0561. The van der Waals surface area contributed by atoms with Gasteiger partial charge < -0.3 is 21.3 Å². The van der Waals surface area contributed by atoms with Crippen LogP contribution in [0.1, 0.15) is 43.0 Å². The number of hydrogen-bond acceptors (Lipinski definition) is 19. The maximum absolute atomic E-state index is 14.0. The molecule has 8 aromatic rings. The molecule has 0 aliphatic heterocycles. The van der Waals surface area contributed by atoms with Crippen molar-refractivity contribution in [1.82, 2.24) is 0 Å². The Kier molecular flexibility index (Phi) is 17.7. The molecule has 90 heavy (non-hydrogen) atoms. The molecule has 8 rings (SSSR count). The molecule has 0 saturated carbocycles. The number of aryl methyl sites for hydroxylation is 4. The number of sulfonamides is 2. The third-order valence-electron chi connectivity index (χ3n) is 13.2. The number of nitrogens with one attached hydrogen (secondary N) is 6. The van der Waals surface area contributed by atoms with Crippen molar-refractivity contribution < 1.29 is 109 Å². The van der Waals surface area contributed by atoms with E-state index >= 15 is 0 Å². The fraction of sp³-hybridized carbons (Fsp3) is 0.0784. The van der Waals surface area contributed by atoms with Crippen LogP contribution in [0, 0.1) is 27.7 Å². The maximum Gasteiger partial charge on any atom is 0.323 e. The van der Waals surface area contributed by atoms with Gasteiger partial charge in [-0.05, 0) is 158 Å². The predicted molar refractivity (Wildman–Crippen MR) is 322 cm³/mol. The van der Waals surface area contributed by atoms with Crippen molar-refractivity contribution in [3.63, 3.8) is 0 Å². The summed E-state index contributed by atoms with van der Waals surface area (Å²) in [6, 6.07) is 17.1. The highest BCUT2D eigenvalue weighted by Gasteiger charge is 2.30. The summed E-state index contributed by atoms with van der Waals surface area (Å²) in [6.45, 7) is 6.04. The Bertz CT molecular complexity index is 5110. The molecule has 12 N–H and O–H groups in total. The molecule has 39 heteroatoms. The third-order valence-corrected chi connectivity index (χ3v) is 21.0. The molecule has 0 saturated heterocycles. The molecular formula is C51H44N6O25S8. The van der Waals surface area contributed by atoms with Gasteiger partial charge in [-0.15, -0.1) is 0 Å². The van der Waals surface area contributed by atoms with Crippen molar-refractivity contribution in [3.8, 4) is 0 Å². The average molecular weight is 1400 g/mol. The standard InChI is InChI=1S/C51H44N6O25S8/c1-25-5-9-29(49(58)52-41-19-33(11-7-27(41)3)83(61,62)56-43-21-35(85(65,66)67)13-31-15-37(87(71,72)73)23-45(47(31)43)89(77,78)79)17-39(25)54-51(60)55-40-18-30(10-6-26(40)2)50(59)53-42-20-34(12-8-28(42)4)84(63,64)57-44-22-36(86(68,69)70)14-32-16-38(88(74,75)76)24-46(48(32)44)90(80,81)82/h5-24,56-57H,1-4H3,(H,52,58)(H,53,59)(H2,54,55,60)(H,65,66,67)(H,68,69,70)(H,71,72,73)(H,74,75,76)(H,77,78,79)(H,80,81,82). The van der Waals surface area contributed by atoms with Crippen LogP contribution >= 0.6 is 0 Å². The number of hydrogen-bond donors (Lipinski definition) is 12. The quantitative estimate of drug-likeness (QED) is 0.0410. The molecule has 0 unspecified atom stereocenters. The summed E-state index contributed by atoms with van der Waals surface area (Å²) in [5.41, 5.74) is -0.926. The maximum atomic E-state index is 14.0. The number of fused-ring (bicyclic) bond motifs is 2. The van der Waals surface area contributed by atoms with Gasteiger partial charge in [-0.1, -0.05) is 24.3 Å². The van der Waals surface area contributed by atoms with E-state index in [0.717, 1.165) is 24.3 Å². The molecule has 0 aliphatic rings. The van der Waals surface area contributed by atoms with E-state index in [4.69, 9.17) is 0 Å². The van der Waals surface area contributed by atoms with Crippen LogP contribution in [0.5, 0.6) is 0 Å². The largest absolute Gasteiger partial charge is 0.323 e. The van der Waals surface area contributed by atoms with Crippen molar-refractivity contribution in [1.29, 1.82) is 0 Å². The predicted octanol–water partition coefficient (Wildman–Crippen LogP) is 6.46. The molecule has 0 radical (unpaired) electrons. The van der Waals surface area contributed by atoms with Crippen LogP contribution in [-0.2, 0) is 80.8 Å². The lowest BCUT2D eigenvalue weighted by atomic mass is 10.1. The molecule has 31 nitrogen and oxygen atoms in total. The normalized spacial score (nSPS) is 12.7. The lowest BCUT2D eigenvalue weighted by Gasteiger charge is -2.17.